The van der Waals surface area contributed by atoms with Crippen molar-refractivity contribution >= 4 is 5.78 Å². The molecule has 1 N–H and O–H groups in total. The number of fused-ring (bicyclic) bond motifs is 4. The lowest BCUT2D eigenvalue weighted by atomic mass is 9.56. The summed E-state index contributed by atoms with van der Waals surface area (Å²) in [6.45, 7) is 2.40. The number of hydrogen-bond donors (Lipinski definition) is 1. The molecular weight excluding hydrogens is 332 g/mol. The van der Waals surface area contributed by atoms with Crippen molar-refractivity contribution < 1.29 is 9.90 Å². The van der Waals surface area contributed by atoms with Crippen molar-refractivity contribution in [1.82, 2.24) is 0 Å². The number of aliphatic hydroxyl groups is 1. The van der Waals surface area contributed by atoms with Crippen LogP contribution in [0.5, 0.6) is 0 Å². The number of rotatable bonds is 2. The normalized spacial score (nSPS) is 38.4. The zero-order valence-electron chi connectivity index (χ0n) is 16.5. The largest absolute Gasteiger partial charge is 0.392 e. The van der Waals surface area contributed by atoms with Crippen molar-refractivity contribution in [1.29, 1.82) is 0 Å². The van der Waals surface area contributed by atoms with Gasteiger partial charge in [0.25, 0.3) is 0 Å². The van der Waals surface area contributed by atoms with Gasteiger partial charge in [-0.1, -0.05) is 42.3 Å². The van der Waals surface area contributed by atoms with Crippen LogP contribution in [0.4, 0.5) is 0 Å². The van der Waals surface area contributed by atoms with Crippen molar-refractivity contribution in [2.24, 2.45) is 23.2 Å². The van der Waals surface area contributed by atoms with E-state index in [-0.39, 0.29) is 12.0 Å². The maximum atomic E-state index is 12.5. The Bertz CT molecular complexity index is 774. The summed E-state index contributed by atoms with van der Waals surface area (Å²) in [5.74, 6) is 3.33. The monoisotopic (exact) mass is 364 g/mol. The molecule has 2 heteroatoms. The highest BCUT2D eigenvalue weighted by Crippen LogP contribution is 2.59. The third-order valence-corrected chi connectivity index (χ3v) is 8.68. The van der Waals surface area contributed by atoms with E-state index in [0.29, 0.717) is 23.5 Å². The minimum Gasteiger partial charge on any atom is -0.392 e. The van der Waals surface area contributed by atoms with E-state index in [4.69, 9.17) is 0 Å². The van der Waals surface area contributed by atoms with Crippen LogP contribution in [0.2, 0.25) is 0 Å². The molecular formula is C25H32O2. The number of ketones is 1. The van der Waals surface area contributed by atoms with Crippen LogP contribution < -0.4 is 0 Å². The molecule has 2 nitrogen and oxygen atoms in total. The molecule has 4 aliphatic rings. The molecule has 1 aromatic rings. The van der Waals surface area contributed by atoms with Gasteiger partial charge < -0.3 is 5.11 Å². The van der Waals surface area contributed by atoms with Crippen LogP contribution in [0.3, 0.4) is 0 Å². The minimum atomic E-state index is -0.00673. The highest BCUT2D eigenvalue weighted by atomic mass is 16.3. The second-order valence-corrected chi connectivity index (χ2v) is 9.79. The van der Waals surface area contributed by atoms with Crippen molar-refractivity contribution in [2.75, 3.05) is 0 Å². The fourth-order valence-corrected chi connectivity index (χ4v) is 7.10. The van der Waals surface area contributed by atoms with E-state index in [2.05, 4.69) is 31.2 Å². The second kappa shape index (κ2) is 6.58. The maximum absolute atomic E-state index is 12.5. The molecule has 5 rings (SSSR count). The van der Waals surface area contributed by atoms with E-state index in [1.54, 1.807) is 11.1 Å². The molecule has 1 aromatic carbocycles. The minimum absolute atomic E-state index is 0.00673. The van der Waals surface area contributed by atoms with Crippen LogP contribution in [0, 0.1) is 23.2 Å². The average molecular weight is 365 g/mol. The zero-order chi connectivity index (χ0) is 18.6. The van der Waals surface area contributed by atoms with Gasteiger partial charge in [0.1, 0.15) is 5.78 Å². The third-order valence-electron chi connectivity index (χ3n) is 8.68. The van der Waals surface area contributed by atoms with Crippen molar-refractivity contribution in [3.63, 3.8) is 0 Å². The Kier molecular flexibility index (Phi) is 4.31. The Morgan fingerprint density at radius 1 is 0.963 bits per heavy atom. The summed E-state index contributed by atoms with van der Waals surface area (Å²) in [4.78, 5) is 12.5. The van der Waals surface area contributed by atoms with E-state index >= 15 is 0 Å². The quantitative estimate of drug-likeness (QED) is 0.699. The van der Waals surface area contributed by atoms with E-state index < -0.39 is 0 Å². The molecule has 27 heavy (non-hydrogen) atoms. The first-order valence-electron chi connectivity index (χ1n) is 11.0. The molecule has 144 valence electrons. The number of carbonyl (C=O) groups excluding carboxylic acids is 1. The lowest BCUT2D eigenvalue weighted by Crippen LogP contribution is -2.41. The maximum Gasteiger partial charge on any atom is 0.139 e. The molecule has 0 spiro atoms. The fraction of sp³-hybridized carbons (Fsp3) is 0.640. The summed E-state index contributed by atoms with van der Waals surface area (Å²) < 4.78 is 0. The Balaban J connectivity index is 1.37. The average Bonchev–Trinajstić information content (AvgIpc) is 3.02. The SMILES string of the molecule is C[C@]12CCC3=C4CCC(c5ccc(CO)cc5)CC4CC[C@H]3[C@@H]1CCC2=O. The van der Waals surface area contributed by atoms with Gasteiger partial charge in [0.15, 0.2) is 0 Å². The van der Waals surface area contributed by atoms with Crippen molar-refractivity contribution in [2.45, 2.75) is 77.2 Å². The molecule has 0 aliphatic heterocycles. The Labute approximate surface area is 163 Å². The van der Waals surface area contributed by atoms with Gasteiger partial charge in [-0.25, -0.2) is 0 Å². The Hall–Kier alpha value is -1.41. The van der Waals surface area contributed by atoms with Gasteiger partial charge in [-0.05, 0) is 86.2 Å². The van der Waals surface area contributed by atoms with E-state index in [1.807, 2.05) is 0 Å². The number of Topliss-reactive ketones (excluding diaryl/α,β-unsaturated/α-hetero) is 1. The first kappa shape index (κ1) is 17.7. The summed E-state index contributed by atoms with van der Waals surface area (Å²) in [6, 6.07) is 8.63. The number of aliphatic hydroxyl groups excluding tert-OH is 1. The van der Waals surface area contributed by atoms with Gasteiger partial charge in [-0.2, -0.15) is 0 Å². The van der Waals surface area contributed by atoms with Crippen LogP contribution in [0.25, 0.3) is 0 Å². The summed E-state index contributed by atoms with van der Waals surface area (Å²) in [6.07, 6.45) is 10.7. The van der Waals surface area contributed by atoms with Crippen LogP contribution in [0.15, 0.2) is 35.4 Å². The first-order valence-corrected chi connectivity index (χ1v) is 11.0. The van der Waals surface area contributed by atoms with Crippen molar-refractivity contribution in [3.05, 3.63) is 46.5 Å². The topological polar surface area (TPSA) is 37.3 Å². The molecule has 0 radical (unpaired) electrons. The molecule has 0 amide bonds. The highest BCUT2D eigenvalue weighted by Gasteiger charge is 2.53. The number of carbonyl (C=O) groups is 1. The molecule has 3 fully saturated rings. The first-order chi connectivity index (χ1) is 13.1. The molecule has 5 atom stereocenters. The van der Waals surface area contributed by atoms with Crippen LogP contribution in [-0.4, -0.2) is 10.9 Å². The molecule has 0 bridgehead atoms. The summed E-state index contributed by atoms with van der Waals surface area (Å²) in [5, 5.41) is 9.28. The second-order valence-electron chi connectivity index (χ2n) is 9.79. The van der Waals surface area contributed by atoms with Gasteiger partial charge in [0, 0.05) is 11.8 Å². The molecule has 2 unspecified atom stereocenters. The lowest BCUT2D eigenvalue weighted by molar-refractivity contribution is -0.128. The lowest BCUT2D eigenvalue weighted by Gasteiger charge is -2.48. The third kappa shape index (κ3) is 2.75. The fourth-order valence-electron chi connectivity index (χ4n) is 7.10. The van der Waals surface area contributed by atoms with Gasteiger partial charge in [0.05, 0.1) is 6.61 Å². The molecule has 0 saturated heterocycles. The van der Waals surface area contributed by atoms with Gasteiger partial charge in [-0.15, -0.1) is 0 Å². The number of allylic oxidation sites excluding steroid dienone is 2. The zero-order valence-corrected chi connectivity index (χ0v) is 16.5. The molecule has 0 heterocycles. The summed E-state index contributed by atoms with van der Waals surface area (Å²) in [5.41, 5.74) is 6.05. The van der Waals surface area contributed by atoms with Crippen LogP contribution in [-0.2, 0) is 11.4 Å². The molecule has 4 aliphatic carbocycles. The van der Waals surface area contributed by atoms with E-state index in [9.17, 15) is 9.90 Å². The highest BCUT2D eigenvalue weighted by molar-refractivity contribution is 5.87. The van der Waals surface area contributed by atoms with Gasteiger partial charge in [-0.3, -0.25) is 4.79 Å². The predicted octanol–water partition coefficient (Wildman–Crippen LogP) is 5.55. The predicted molar refractivity (Wildman–Crippen MR) is 107 cm³/mol. The van der Waals surface area contributed by atoms with E-state index in [1.165, 1.54) is 44.1 Å². The summed E-state index contributed by atoms with van der Waals surface area (Å²) in [7, 11) is 0. The molecule has 0 aromatic heterocycles. The van der Waals surface area contributed by atoms with Gasteiger partial charge >= 0.3 is 0 Å². The van der Waals surface area contributed by atoms with Crippen molar-refractivity contribution in [3.8, 4) is 0 Å². The van der Waals surface area contributed by atoms with Crippen LogP contribution in [0.1, 0.15) is 81.8 Å². The Morgan fingerprint density at radius 3 is 2.56 bits per heavy atom. The van der Waals surface area contributed by atoms with Gasteiger partial charge in [0.2, 0.25) is 0 Å². The number of benzene rings is 1. The number of hydrogen-bond acceptors (Lipinski definition) is 2. The van der Waals surface area contributed by atoms with E-state index in [0.717, 1.165) is 30.7 Å². The smallest absolute Gasteiger partial charge is 0.139 e. The standard InChI is InChI=1S/C25H32O2/c1-25-13-12-21-20-8-6-18(17-4-2-16(15-26)3-5-17)14-19(20)7-9-22(21)23(25)10-11-24(25)27/h2-5,18-19,22-23,26H,6-15H2,1H3/t18?,19?,22-,23+,25+/m1/s1. The Morgan fingerprint density at radius 2 is 1.78 bits per heavy atom. The summed E-state index contributed by atoms with van der Waals surface area (Å²) >= 11 is 0. The molecule has 3 saturated carbocycles. The van der Waals surface area contributed by atoms with Crippen LogP contribution >= 0.6 is 0 Å².